The van der Waals surface area contributed by atoms with Gasteiger partial charge < -0.3 is 14.8 Å². The number of hydrazone groups is 1. The fourth-order valence-corrected chi connectivity index (χ4v) is 2.83. The van der Waals surface area contributed by atoms with Crippen LogP contribution in [-0.2, 0) is 6.61 Å². The van der Waals surface area contributed by atoms with Gasteiger partial charge in [-0.3, -0.25) is 5.43 Å². The zero-order valence-electron chi connectivity index (χ0n) is 16.4. The van der Waals surface area contributed by atoms with Crippen molar-refractivity contribution in [2.24, 2.45) is 5.10 Å². The molecule has 0 aliphatic rings. The molecule has 6 heteroatoms. The monoisotopic (exact) mass is 405 g/mol. The summed E-state index contributed by atoms with van der Waals surface area (Å²) in [4.78, 5) is 0. The van der Waals surface area contributed by atoms with Crippen molar-refractivity contribution in [2.75, 3.05) is 12.4 Å². The highest BCUT2D eigenvalue weighted by molar-refractivity contribution is 7.80. The van der Waals surface area contributed by atoms with Crippen LogP contribution >= 0.6 is 12.2 Å². The molecule has 5 nitrogen and oxygen atoms in total. The summed E-state index contributed by atoms with van der Waals surface area (Å²) in [6, 6.07) is 23.5. The summed E-state index contributed by atoms with van der Waals surface area (Å²) >= 11 is 5.23. The molecule has 0 atom stereocenters. The largest absolute Gasteiger partial charge is 0.493 e. The van der Waals surface area contributed by atoms with Crippen molar-refractivity contribution in [1.29, 1.82) is 0 Å². The van der Waals surface area contributed by atoms with Crippen molar-refractivity contribution in [3.63, 3.8) is 0 Å². The average Bonchev–Trinajstić information content (AvgIpc) is 2.74. The van der Waals surface area contributed by atoms with E-state index in [1.165, 1.54) is 5.56 Å². The van der Waals surface area contributed by atoms with Gasteiger partial charge in [0.1, 0.15) is 6.61 Å². The molecule has 0 saturated heterocycles. The maximum Gasteiger partial charge on any atom is 0.191 e. The van der Waals surface area contributed by atoms with Gasteiger partial charge in [0.25, 0.3) is 0 Å². The summed E-state index contributed by atoms with van der Waals surface area (Å²) in [7, 11) is 1.62. The quantitative estimate of drug-likeness (QED) is 0.333. The van der Waals surface area contributed by atoms with E-state index in [9.17, 15) is 0 Å². The number of methoxy groups -OCH3 is 1. The number of aryl methyl sites for hydroxylation is 1. The van der Waals surface area contributed by atoms with Crippen molar-refractivity contribution in [2.45, 2.75) is 13.5 Å². The maximum absolute atomic E-state index is 5.94. The molecule has 0 radical (unpaired) electrons. The topological polar surface area (TPSA) is 54.9 Å². The lowest BCUT2D eigenvalue weighted by atomic mass is 10.1. The second kappa shape index (κ2) is 10.2. The summed E-state index contributed by atoms with van der Waals surface area (Å²) in [5.74, 6) is 1.33. The molecule has 3 rings (SSSR count). The summed E-state index contributed by atoms with van der Waals surface area (Å²) in [5, 5.41) is 7.65. The number of rotatable bonds is 7. The zero-order chi connectivity index (χ0) is 20.5. The number of nitrogens with zero attached hydrogens (tertiary/aromatic N) is 1. The van der Waals surface area contributed by atoms with Crippen molar-refractivity contribution in [1.82, 2.24) is 5.43 Å². The lowest BCUT2D eigenvalue weighted by Gasteiger charge is -2.12. The number of ether oxygens (including phenoxy) is 2. The Labute approximate surface area is 176 Å². The summed E-state index contributed by atoms with van der Waals surface area (Å²) in [5.41, 5.74) is 6.90. The van der Waals surface area contributed by atoms with Crippen LogP contribution in [-0.4, -0.2) is 18.4 Å². The molecule has 3 aromatic carbocycles. The minimum atomic E-state index is 0.414. The first-order chi connectivity index (χ1) is 14.2. The number of hydrogen-bond donors (Lipinski definition) is 2. The van der Waals surface area contributed by atoms with Crippen LogP contribution in [0, 0.1) is 6.92 Å². The summed E-state index contributed by atoms with van der Waals surface area (Å²) < 4.78 is 11.4. The number of para-hydroxylation sites is 1. The molecule has 0 aliphatic carbocycles. The molecule has 0 heterocycles. The smallest absolute Gasteiger partial charge is 0.191 e. The van der Waals surface area contributed by atoms with E-state index < -0.39 is 0 Å². The number of hydrogen-bond acceptors (Lipinski definition) is 4. The Bertz CT molecular complexity index is 990. The molecule has 0 spiro atoms. The van der Waals surface area contributed by atoms with Crippen LogP contribution in [0.2, 0.25) is 0 Å². The average molecular weight is 406 g/mol. The van der Waals surface area contributed by atoms with E-state index in [0.29, 0.717) is 23.2 Å². The third kappa shape index (κ3) is 6.05. The Balaban J connectivity index is 1.58. The van der Waals surface area contributed by atoms with Crippen molar-refractivity contribution in [3.05, 3.63) is 89.5 Å². The molecular weight excluding hydrogens is 382 g/mol. The van der Waals surface area contributed by atoms with Crippen molar-refractivity contribution in [3.8, 4) is 11.5 Å². The minimum Gasteiger partial charge on any atom is -0.493 e. The predicted octanol–water partition coefficient (Wildman–Crippen LogP) is 4.90. The van der Waals surface area contributed by atoms with E-state index in [1.54, 1.807) is 13.3 Å². The molecule has 0 amide bonds. The molecule has 0 bridgehead atoms. The molecule has 0 saturated carbocycles. The number of anilines is 1. The molecule has 0 unspecified atom stereocenters. The molecular formula is C23H23N3O2S. The standard InChI is InChI=1S/C23H23N3O2S/c1-17-8-6-7-9-19(17)16-28-21-13-12-18(14-22(21)27-2)15-24-26-23(29)25-20-10-4-3-5-11-20/h3-15H,16H2,1-2H3,(H2,25,26,29). The molecule has 148 valence electrons. The van der Waals surface area contributed by atoms with Crippen LogP contribution in [0.3, 0.4) is 0 Å². The number of thiocarbonyl (C=S) groups is 1. The summed E-state index contributed by atoms with van der Waals surface area (Å²) in [6.07, 6.45) is 1.67. The van der Waals surface area contributed by atoms with Gasteiger partial charge in [-0.25, -0.2) is 0 Å². The highest BCUT2D eigenvalue weighted by atomic mass is 32.1. The minimum absolute atomic E-state index is 0.414. The number of benzene rings is 3. The molecule has 0 fully saturated rings. The van der Waals surface area contributed by atoms with Gasteiger partial charge in [-0.2, -0.15) is 5.10 Å². The first-order valence-corrected chi connectivity index (χ1v) is 9.57. The Morgan fingerprint density at radius 3 is 2.52 bits per heavy atom. The van der Waals surface area contributed by atoms with Crippen LogP contribution in [0.1, 0.15) is 16.7 Å². The SMILES string of the molecule is COc1cc(C=NNC(=S)Nc2ccccc2)ccc1OCc1ccccc1C. The molecule has 0 aliphatic heterocycles. The summed E-state index contributed by atoms with van der Waals surface area (Å²) in [6.45, 7) is 2.55. The predicted molar refractivity (Wildman–Crippen MR) is 122 cm³/mol. The van der Waals surface area contributed by atoms with Gasteiger partial charge in [0.2, 0.25) is 0 Å². The lowest BCUT2D eigenvalue weighted by Crippen LogP contribution is -2.23. The molecule has 0 aromatic heterocycles. The molecule has 2 N–H and O–H groups in total. The normalized spacial score (nSPS) is 10.6. The van der Waals surface area contributed by atoms with Gasteiger partial charge in [0.15, 0.2) is 16.6 Å². The van der Waals surface area contributed by atoms with Gasteiger partial charge in [-0.05, 0) is 66.2 Å². The Kier molecular flexibility index (Phi) is 7.19. The van der Waals surface area contributed by atoms with Gasteiger partial charge in [0.05, 0.1) is 13.3 Å². The van der Waals surface area contributed by atoms with Gasteiger partial charge in [0, 0.05) is 5.69 Å². The fraction of sp³-hybridized carbons (Fsp3) is 0.130. The second-order valence-electron chi connectivity index (χ2n) is 6.32. The van der Waals surface area contributed by atoms with Crippen LogP contribution in [0.4, 0.5) is 5.69 Å². The first-order valence-electron chi connectivity index (χ1n) is 9.16. The fourth-order valence-electron chi connectivity index (χ4n) is 2.66. The van der Waals surface area contributed by atoms with E-state index in [1.807, 2.05) is 60.7 Å². The van der Waals surface area contributed by atoms with E-state index in [4.69, 9.17) is 21.7 Å². The maximum atomic E-state index is 5.94. The van der Waals surface area contributed by atoms with E-state index in [-0.39, 0.29) is 0 Å². The van der Waals surface area contributed by atoms with Crippen LogP contribution in [0.15, 0.2) is 77.9 Å². The van der Waals surface area contributed by atoms with Gasteiger partial charge in [-0.1, -0.05) is 42.5 Å². The van der Waals surface area contributed by atoms with Crippen LogP contribution in [0.25, 0.3) is 0 Å². The Morgan fingerprint density at radius 1 is 1.00 bits per heavy atom. The van der Waals surface area contributed by atoms with Crippen LogP contribution in [0.5, 0.6) is 11.5 Å². The van der Waals surface area contributed by atoms with Crippen molar-refractivity contribution >= 4 is 29.2 Å². The molecule has 29 heavy (non-hydrogen) atoms. The van der Waals surface area contributed by atoms with Gasteiger partial charge in [-0.15, -0.1) is 0 Å². The second-order valence-corrected chi connectivity index (χ2v) is 6.72. The lowest BCUT2D eigenvalue weighted by molar-refractivity contribution is 0.284. The third-order valence-electron chi connectivity index (χ3n) is 4.24. The highest BCUT2D eigenvalue weighted by Crippen LogP contribution is 2.28. The third-order valence-corrected chi connectivity index (χ3v) is 4.44. The van der Waals surface area contributed by atoms with Crippen LogP contribution < -0.4 is 20.2 Å². The Hall–Kier alpha value is -3.38. The van der Waals surface area contributed by atoms with E-state index in [0.717, 1.165) is 16.8 Å². The zero-order valence-corrected chi connectivity index (χ0v) is 17.2. The molecule has 3 aromatic rings. The van der Waals surface area contributed by atoms with E-state index >= 15 is 0 Å². The van der Waals surface area contributed by atoms with E-state index in [2.05, 4.69) is 34.9 Å². The highest BCUT2D eigenvalue weighted by Gasteiger charge is 2.06. The van der Waals surface area contributed by atoms with Gasteiger partial charge >= 0.3 is 0 Å². The van der Waals surface area contributed by atoms with Crippen molar-refractivity contribution < 1.29 is 9.47 Å². The number of nitrogens with one attached hydrogen (secondary N) is 2. The first kappa shape index (κ1) is 20.4. The Morgan fingerprint density at radius 2 is 1.76 bits per heavy atom.